The lowest BCUT2D eigenvalue weighted by atomic mass is 10.1. The number of nitriles is 1. The van der Waals surface area contributed by atoms with Crippen LogP contribution in [0, 0.1) is 27.4 Å². The maximum atomic E-state index is 10.6. The van der Waals surface area contributed by atoms with Gasteiger partial charge in [0.05, 0.1) is 11.0 Å². The van der Waals surface area contributed by atoms with E-state index in [0.29, 0.717) is 18.0 Å². The third-order valence-electron chi connectivity index (χ3n) is 2.27. The highest BCUT2D eigenvalue weighted by Crippen LogP contribution is 2.18. The van der Waals surface area contributed by atoms with Crippen LogP contribution in [0.3, 0.4) is 0 Å². The minimum absolute atomic E-state index is 0.00842. The molecule has 0 heterocycles. The topological polar surface area (TPSA) is 79.0 Å². The molecule has 0 bridgehead atoms. The Hall–Kier alpha value is -1.93. The monoisotopic (exact) mass is 233 g/mol. The number of nitro benzene ring substituents is 1. The van der Waals surface area contributed by atoms with Gasteiger partial charge in [0.2, 0.25) is 0 Å². The van der Waals surface area contributed by atoms with Crippen LogP contribution >= 0.6 is 0 Å². The van der Waals surface area contributed by atoms with Crippen LogP contribution in [0.1, 0.15) is 25.5 Å². The Morgan fingerprint density at radius 2 is 2.24 bits per heavy atom. The van der Waals surface area contributed by atoms with Crippen LogP contribution in [-0.4, -0.2) is 11.5 Å². The van der Waals surface area contributed by atoms with Crippen LogP contribution in [0.15, 0.2) is 24.3 Å². The van der Waals surface area contributed by atoms with Gasteiger partial charge in [-0.15, -0.1) is 0 Å². The zero-order valence-electron chi connectivity index (χ0n) is 9.88. The van der Waals surface area contributed by atoms with Gasteiger partial charge in [-0.1, -0.05) is 26.0 Å². The molecular weight excluding hydrogens is 218 g/mol. The van der Waals surface area contributed by atoms with E-state index in [0.717, 1.165) is 0 Å². The van der Waals surface area contributed by atoms with Gasteiger partial charge in [0.1, 0.15) is 6.04 Å². The molecule has 1 N–H and O–H groups in total. The number of hydrogen-bond acceptors (Lipinski definition) is 4. The van der Waals surface area contributed by atoms with E-state index in [-0.39, 0.29) is 5.69 Å². The fraction of sp³-hybridized carbons (Fsp3) is 0.417. The summed E-state index contributed by atoms with van der Waals surface area (Å²) in [7, 11) is 0. The van der Waals surface area contributed by atoms with Gasteiger partial charge in [-0.2, -0.15) is 5.26 Å². The Balaban J connectivity index is 2.85. The Labute approximate surface area is 100 Å². The second kappa shape index (κ2) is 5.97. The summed E-state index contributed by atoms with van der Waals surface area (Å²) in [5.41, 5.74) is 0.636. The molecule has 1 rings (SSSR count). The molecule has 0 radical (unpaired) electrons. The van der Waals surface area contributed by atoms with E-state index in [1.807, 2.05) is 13.8 Å². The molecule has 0 aliphatic rings. The van der Waals surface area contributed by atoms with E-state index in [2.05, 4.69) is 11.4 Å². The highest BCUT2D eigenvalue weighted by atomic mass is 16.6. The molecule has 1 atom stereocenters. The van der Waals surface area contributed by atoms with Crippen molar-refractivity contribution in [3.63, 3.8) is 0 Å². The first-order chi connectivity index (χ1) is 8.04. The predicted octanol–water partition coefficient (Wildman–Crippen LogP) is 2.41. The van der Waals surface area contributed by atoms with Crippen LogP contribution in [0.4, 0.5) is 5.69 Å². The molecule has 0 fully saturated rings. The van der Waals surface area contributed by atoms with Gasteiger partial charge in [0, 0.05) is 12.1 Å². The van der Waals surface area contributed by atoms with Gasteiger partial charge >= 0.3 is 0 Å². The number of benzene rings is 1. The van der Waals surface area contributed by atoms with Crippen molar-refractivity contribution in [2.75, 3.05) is 6.54 Å². The van der Waals surface area contributed by atoms with Gasteiger partial charge < -0.3 is 0 Å². The highest BCUT2D eigenvalue weighted by Gasteiger charge is 2.13. The first kappa shape index (κ1) is 13.1. The van der Waals surface area contributed by atoms with Crippen molar-refractivity contribution in [2.24, 2.45) is 5.92 Å². The van der Waals surface area contributed by atoms with E-state index in [4.69, 9.17) is 5.26 Å². The van der Waals surface area contributed by atoms with Crippen LogP contribution in [0.25, 0.3) is 0 Å². The van der Waals surface area contributed by atoms with Crippen molar-refractivity contribution in [1.82, 2.24) is 5.32 Å². The van der Waals surface area contributed by atoms with Gasteiger partial charge in [-0.05, 0) is 18.0 Å². The quantitative estimate of drug-likeness (QED) is 0.625. The molecule has 0 spiro atoms. The summed E-state index contributed by atoms with van der Waals surface area (Å²) >= 11 is 0. The molecule has 1 aromatic carbocycles. The third kappa shape index (κ3) is 3.85. The van der Waals surface area contributed by atoms with Crippen molar-refractivity contribution in [2.45, 2.75) is 19.9 Å². The molecule has 0 amide bonds. The number of rotatable bonds is 5. The first-order valence-corrected chi connectivity index (χ1v) is 5.42. The molecular formula is C12H15N3O2. The van der Waals surface area contributed by atoms with Crippen LogP contribution in [0.2, 0.25) is 0 Å². The molecule has 17 heavy (non-hydrogen) atoms. The molecule has 0 saturated carbocycles. The maximum Gasteiger partial charge on any atom is 0.269 e. The van der Waals surface area contributed by atoms with Crippen LogP contribution in [0.5, 0.6) is 0 Å². The smallest absolute Gasteiger partial charge is 0.269 e. The molecule has 1 aromatic rings. The molecule has 90 valence electrons. The fourth-order valence-corrected chi connectivity index (χ4v) is 1.41. The lowest BCUT2D eigenvalue weighted by Crippen LogP contribution is -2.24. The zero-order valence-corrected chi connectivity index (χ0v) is 9.88. The summed E-state index contributed by atoms with van der Waals surface area (Å²) in [6, 6.07) is 7.76. The summed E-state index contributed by atoms with van der Waals surface area (Å²) in [6.45, 7) is 4.77. The molecule has 0 aliphatic carbocycles. The van der Waals surface area contributed by atoms with Crippen molar-refractivity contribution < 1.29 is 4.92 Å². The summed E-state index contributed by atoms with van der Waals surface area (Å²) in [5.74, 6) is 0.421. The fourth-order valence-electron chi connectivity index (χ4n) is 1.41. The van der Waals surface area contributed by atoms with Crippen molar-refractivity contribution >= 4 is 5.69 Å². The van der Waals surface area contributed by atoms with E-state index < -0.39 is 11.0 Å². The normalized spacial score (nSPS) is 12.1. The zero-order chi connectivity index (χ0) is 12.8. The second-order valence-electron chi connectivity index (χ2n) is 4.22. The van der Waals surface area contributed by atoms with Gasteiger partial charge in [0.15, 0.2) is 0 Å². The Bertz CT molecular complexity index is 438. The standard InChI is InChI=1S/C12H15N3O2/c1-9(2)8-14-12(7-13)10-4-3-5-11(6-10)15(16)17/h3-6,9,12,14H,8H2,1-2H3. The molecule has 0 aromatic heterocycles. The lowest BCUT2D eigenvalue weighted by molar-refractivity contribution is -0.384. The number of non-ortho nitro benzene ring substituents is 1. The number of nitrogens with zero attached hydrogens (tertiary/aromatic N) is 2. The summed E-state index contributed by atoms with van der Waals surface area (Å²) in [5, 5.41) is 22.7. The highest BCUT2D eigenvalue weighted by molar-refractivity contribution is 5.37. The minimum atomic E-state index is -0.503. The number of nitrogens with one attached hydrogen (secondary N) is 1. The average Bonchev–Trinajstić information content (AvgIpc) is 2.30. The number of hydrogen-bond donors (Lipinski definition) is 1. The SMILES string of the molecule is CC(C)CNC(C#N)c1cccc([N+](=O)[O-])c1. The first-order valence-electron chi connectivity index (χ1n) is 5.42. The summed E-state index contributed by atoms with van der Waals surface area (Å²) < 4.78 is 0. The van der Waals surface area contributed by atoms with E-state index in [1.54, 1.807) is 12.1 Å². The van der Waals surface area contributed by atoms with E-state index in [9.17, 15) is 10.1 Å². The second-order valence-corrected chi connectivity index (χ2v) is 4.22. The van der Waals surface area contributed by atoms with E-state index >= 15 is 0 Å². The molecule has 0 saturated heterocycles. The third-order valence-corrected chi connectivity index (χ3v) is 2.27. The van der Waals surface area contributed by atoms with Gasteiger partial charge in [-0.25, -0.2) is 0 Å². The maximum absolute atomic E-state index is 10.6. The van der Waals surface area contributed by atoms with Crippen molar-refractivity contribution in [3.8, 4) is 6.07 Å². The van der Waals surface area contributed by atoms with Crippen molar-refractivity contribution in [3.05, 3.63) is 39.9 Å². The molecule has 0 aliphatic heterocycles. The Kier molecular flexibility index (Phi) is 4.61. The molecule has 5 heteroatoms. The van der Waals surface area contributed by atoms with Gasteiger partial charge in [0.25, 0.3) is 5.69 Å². The summed E-state index contributed by atoms with van der Waals surface area (Å²) in [6.07, 6.45) is 0. The predicted molar refractivity (Wildman–Crippen MR) is 64.3 cm³/mol. The van der Waals surface area contributed by atoms with Crippen molar-refractivity contribution in [1.29, 1.82) is 5.26 Å². The van der Waals surface area contributed by atoms with Crippen LogP contribution in [-0.2, 0) is 0 Å². The van der Waals surface area contributed by atoms with E-state index in [1.165, 1.54) is 12.1 Å². The largest absolute Gasteiger partial charge is 0.298 e. The Morgan fingerprint density at radius 3 is 2.76 bits per heavy atom. The minimum Gasteiger partial charge on any atom is -0.298 e. The van der Waals surface area contributed by atoms with Gasteiger partial charge in [-0.3, -0.25) is 15.4 Å². The van der Waals surface area contributed by atoms with Crippen LogP contribution < -0.4 is 5.32 Å². The molecule has 5 nitrogen and oxygen atoms in total. The molecule has 1 unspecified atom stereocenters. The lowest BCUT2D eigenvalue weighted by Gasteiger charge is -2.13. The number of nitro groups is 1. The average molecular weight is 233 g/mol. The summed E-state index contributed by atoms with van der Waals surface area (Å²) in [4.78, 5) is 10.2. The Morgan fingerprint density at radius 1 is 1.53 bits per heavy atom.